The monoisotopic (exact) mass is 484 g/mol. The first-order valence-electron chi connectivity index (χ1n) is 11.4. The maximum Gasteiger partial charge on any atom is 0.223 e. The van der Waals surface area contributed by atoms with E-state index in [2.05, 4.69) is 35.1 Å². The number of carbonyl (C=O) groups is 1. The normalized spacial score (nSPS) is 21.8. The number of aromatic nitrogens is 5. The number of fused-ring (bicyclic) bond motifs is 1. The zero-order valence-electron chi connectivity index (χ0n) is 19.0. The summed E-state index contributed by atoms with van der Waals surface area (Å²) in [5.41, 5.74) is 2.54. The molecule has 0 aromatic carbocycles. The molecular formula is C22H28N8O3S. The van der Waals surface area contributed by atoms with Crippen molar-refractivity contribution in [2.75, 3.05) is 24.7 Å². The van der Waals surface area contributed by atoms with Crippen LogP contribution in [0.4, 0.5) is 5.82 Å². The van der Waals surface area contributed by atoms with Gasteiger partial charge in [-0.15, -0.1) is 0 Å². The molecule has 0 atom stereocenters. The second-order valence-corrected chi connectivity index (χ2v) is 11.0. The molecule has 0 spiro atoms. The number of anilines is 1. The minimum absolute atomic E-state index is 0.0244. The lowest BCUT2D eigenvalue weighted by Gasteiger charge is -2.38. The van der Waals surface area contributed by atoms with Gasteiger partial charge in [0.25, 0.3) is 0 Å². The molecule has 12 heteroatoms. The third-order valence-electron chi connectivity index (χ3n) is 6.69. The number of imidazole rings is 1. The fourth-order valence-corrected chi connectivity index (χ4v) is 5.51. The molecule has 1 aliphatic heterocycles. The highest BCUT2D eigenvalue weighted by Crippen LogP contribution is 2.35. The lowest BCUT2D eigenvalue weighted by Crippen LogP contribution is -2.49. The van der Waals surface area contributed by atoms with Gasteiger partial charge in [0.1, 0.15) is 11.8 Å². The van der Waals surface area contributed by atoms with Crippen molar-refractivity contribution in [2.45, 2.75) is 44.3 Å². The van der Waals surface area contributed by atoms with E-state index in [1.165, 1.54) is 16.9 Å². The standard InChI is InChI=1S/C22H28N8O3S/c1-34(32,33)29-7-4-16(5-8-29)22(31)28-17-9-18(10-17)30-14-27-19-20(25-13-26-21(19)30)24-12-15-3-2-6-23-11-15/h2-3,6,11,13-14,16-18H,4-5,7-10,12H2,1H3,(H,28,31)(H,24,25,26). The summed E-state index contributed by atoms with van der Waals surface area (Å²) >= 11 is 0. The highest BCUT2D eigenvalue weighted by atomic mass is 32.2. The molecule has 5 rings (SSSR count). The Morgan fingerprint density at radius 3 is 2.68 bits per heavy atom. The van der Waals surface area contributed by atoms with E-state index in [0.717, 1.165) is 29.6 Å². The summed E-state index contributed by atoms with van der Waals surface area (Å²) in [4.78, 5) is 30.1. The Morgan fingerprint density at radius 2 is 1.97 bits per heavy atom. The second-order valence-electron chi connectivity index (χ2n) is 9.03. The van der Waals surface area contributed by atoms with E-state index in [0.29, 0.717) is 38.3 Å². The predicted molar refractivity (Wildman–Crippen MR) is 126 cm³/mol. The van der Waals surface area contributed by atoms with E-state index >= 15 is 0 Å². The number of amides is 1. The van der Waals surface area contributed by atoms with Crippen LogP contribution in [-0.2, 0) is 21.4 Å². The average molecular weight is 485 g/mol. The molecule has 180 valence electrons. The summed E-state index contributed by atoms with van der Waals surface area (Å²) in [7, 11) is -3.19. The number of carbonyl (C=O) groups excluding carboxylic acids is 1. The Hall–Kier alpha value is -3.12. The molecule has 3 aromatic rings. The summed E-state index contributed by atoms with van der Waals surface area (Å²) < 4.78 is 26.8. The molecule has 0 bridgehead atoms. The third-order valence-corrected chi connectivity index (χ3v) is 7.99. The minimum Gasteiger partial charge on any atom is -0.364 e. The van der Waals surface area contributed by atoms with Crippen molar-refractivity contribution in [1.82, 2.24) is 34.1 Å². The summed E-state index contributed by atoms with van der Waals surface area (Å²) in [6.45, 7) is 1.40. The molecular weight excluding hydrogens is 456 g/mol. The molecule has 34 heavy (non-hydrogen) atoms. The Kier molecular flexibility index (Phi) is 6.17. The topological polar surface area (TPSA) is 135 Å². The van der Waals surface area contributed by atoms with Gasteiger partial charge >= 0.3 is 0 Å². The maximum atomic E-state index is 12.7. The number of rotatable bonds is 7. The zero-order chi connectivity index (χ0) is 23.7. The van der Waals surface area contributed by atoms with Crippen molar-refractivity contribution in [2.24, 2.45) is 5.92 Å². The van der Waals surface area contributed by atoms with Crippen LogP contribution >= 0.6 is 0 Å². The van der Waals surface area contributed by atoms with E-state index in [1.807, 2.05) is 18.3 Å². The van der Waals surface area contributed by atoms with Gasteiger partial charge in [-0.2, -0.15) is 0 Å². The first kappa shape index (κ1) is 22.7. The van der Waals surface area contributed by atoms with Crippen molar-refractivity contribution in [1.29, 1.82) is 0 Å². The number of nitrogens with one attached hydrogen (secondary N) is 2. The molecule has 11 nitrogen and oxygen atoms in total. The van der Waals surface area contributed by atoms with Crippen molar-refractivity contribution in [3.05, 3.63) is 42.7 Å². The number of piperidine rings is 1. The molecule has 0 unspecified atom stereocenters. The quantitative estimate of drug-likeness (QED) is 0.513. The van der Waals surface area contributed by atoms with Gasteiger partial charge in [-0.1, -0.05) is 6.07 Å². The summed E-state index contributed by atoms with van der Waals surface area (Å²) in [5.74, 6) is 0.570. The number of sulfonamides is 1. The molecule has 1 saturated heterocycles. The number of hydrogen-bond donors (Lipinski definition) is 2. The highest BCUT2D eigenvalue weighted by Gasteiger charge is 2.35. The van der Waals surface area contributed by atoms with Crippen molar-refractivity contribution >= 4 is 32.9 Å². The van der Waals surface area contributed by atoms with E-state index in [1.54, 1.807) is 12.5 Å². The molecule has 2 aliphatic rings. The molecule has 1 saturated carbocycles. The van der Waals surface area contributed by atoms with E-state index in [4.69, 9.17) is 0 Å². The Bertz CT molecular complexity index is 1270. The van der Waals surface area contributed by atoms with Crippen LogP contribution in [0.2, 0.25) is 0 Å². The van der Waals surface area contributed by atoms with Crippen LogP contribution in [0.15, 0.2) is 37.2 Å². The van der Waals surface area contributed by atoms with Gasteiger partial charge in [0.05, 0.1) is 12.6 Å². The second kappa shape index (κ2) is 9.26. The molecule has 1 aliphatic carbocycles. The molecule has 2 N–H and O–H groups in total. The Morgan fingerprint density at radius 1 is 1.18 bits per heavy atom. The fourth-order valence-electron chi connectivity index (χ4n) is 4.64. The fraction of sp³-hybridized carbons (Fsp3) is 0.500. The summed E-state index contributed by atoms with van der Waals surface area (Å²) in [6, 6.07) is 4.21. The third kappa shape index (κ3) is 4.73. The van der Waals surface area contributed by atoms with Gasteiger partial charge in [0.15, 0.2) is 11.5 Å². The van der Waals surface area contributed by atoms with Gasteiger partial charge in [-0.3, -0.25) is 9.78 Å². The zero-order valence-corrected chi connectivity index (χ0v) is 19.8. The Labute approximate surface area is 198 Å². The van der Waals surface area contributed by atoms with E-state index < -0.39 is 10.0 Å². The van der Waals surface area contributed by atoms with Crippen LogP contribution in [0.5, 0.6) is 0 Å². The lowest BCUT2D eigenvalue weighted by atomic mass is 9.85. The van der Waals surface area contributed by atoms with Crippen molar-refractivity contribution in [3.63, 3.8) is 0 Å². The van der Waals surface area contributed by atoms with Crippen LogP contribution in [0, 0.1) is 5.92 Å². The van der Waals surface area contributed by atoms with Crippen molar-refractivity contribution in [3.8, 4) is 0 Å². The number of hydrogen-bond acceptors (Lipinski definition) is 8. The van der Waals surface area contributed by atoms with E-state index in [-0.39, 0.29) is 23.9 Å². The van der Waals surface area contributed by atoms with Gasteiger partial charge in [-0.25, -0.2) is 27.7 Å². The summed E-state index contributed by atoms with van der Waals surface area (Å²) in [6.07, 6.45) is 10.8. The van der Waals surface area contributed by atoms with Crippen molar-refractivity contribution < 1.29 is 13.2 Å². The molecule has 0 radical (unpaired) electrons. The van der Waals surface area contributed by atoms with Gasteiger partial charge in [-0.05, 0) is 37.3 Å². The van der Waals surface area contributed by atoms with Crippen LogP contribution in [0.1, 0.15) is 37.3 Å². The lowest BCUT2D eigenvalue weighted by molar-refractivity contribution is -0.127. The van der Waals surface area contributed by atoms with Gasteiger partial charge in [0, 0.05) is 50.0 Å². The first-order chi connectivity index (χ1) is 16.4. The number of nitrogens with zero attached hydrogens (tertiary/aromatic N) is 6. The molecule has 3 aromatic heterocycles. The van der Waals surface area contributed by atoms with Crippen LogP contribution in [0.3, 0.4) is 0 Å². The SMILES string of the molecule is CS(=O)(=O)N1CCC(C(=O)NC2CC(n3cnc4c(NCc5cccnc5)ncnc43)C2)CC1. The van der Waals surface area contributed by atoms with Crippen LogP contribution < -0.4 is 10.6 Å². The molecule has 2 fully saturated rings. The minimum atomic E-state index is -3.19. The van der Waals surface area contributed by atoms with Gasteiger partial charge in [0.2, 0.25) is 15.9 Å². The highest BCUT2D eigenvalue weighted by molar-refractivity contribution is 7.88. The number of pyridine rings is 1. The largest absolute Gasteiger partial charge is 0.364 e. The molecule has 1 amide bonds. The average Bonchev–Trinajstić information content (AvgIpc) is 3.24. The first-order valence-corrected chi connectivity index (χ1v) is 13.3. The Balaban J connectivity index is 1.16. The smallest absolute Gasteiger partial charge is 0.223 e. The van der Waals surface area contributed by atoms with Gasteiger partial charge < -0.3 is 15.2 Å². The van der Waals surface area contributed by atoms with E-state index in [9.17, 15) is 13.2 Å². The maximum absolute atomic E-state index is 12.7. The summed E-state index contributed by atoms with van der Waals surface area (Å²) in [5, 5.41) is 6.45. The molecule has 4 heterocycles. The predicted octanol–water partition coefficient (Wildman–Crippen LogP) is 1.32. The van der Waals surface area contributed by atoms with Crippen LogP contribution in [-0.4, -0.2) is 68.5 Å². The van der Waals surface area contributed by atoms with Crippen LogP contribution in [0.25, 0.3) is 11.2 Å².